The van der Waals surface area contributed by atoms with Crippen LogP contribution in [0.4, 0.5) is 15.8 Å². The van der Waals surface area contributed by atoms with Crippen LogP contribution in [0.1, 0.15) is 24.2 Å². The molecule has 0 amide bonds. The van der Waals surface area contributed by atoms with Gasteiger partial charge in [0.1, 0.15) is 5.82 Å². The molecule has 5 nitrogen and oxygen atoms in total. The number of benzene rings is 1. The van der Waals surface area contributed by atoms with Crippen molar-refractivity contribution in [2.45, 2.75) is 20.0 Å². The molecule has 18 heavy (non-hydrogen) atoms. The SMILES string of the molecule is CCOC(C)CNc1cc(C(=O)O)c(N)cc1F. The third-order valence-corrected chi connectivity index (χ3v) is 2.40. The lowest BCUT2D eigenvalue weighted by Gasteiger charge is -2.15. The molecule has 100 valence electrons. The molecular formula is C12H17FN2O3. The molecule has 0 aromatic heterocycles. The summed E-state index contributed by atoms with van der Waals surface area (Å²) in [6.07, 6.45) is -0.0970. The number of ether oxygens (including phenoxy) is 1. The third-order valence-electron chi connectivity index (χ3n) is 2.40. The molecule has 0 aliphatic rings. The number of halogens is 1. The second kappa shape index (κ2) is 6.20. The summed E-state index contributed by atoms with van der Waals surface area (Å²) in [6, 6.07) is 2.18. The smallest absolute Gasteiger partial charge is 0.337 e. The van der Waals surface area contributed by atoms with E-state index in [2.05, 4.69) is 5.32 Å². The Labute approximate surface area is 105 Å². The number of nitrogens with one attached hydrogen (secondary N) is 1. The van der Waals surface area contributed by atoms with Gasteiger partial charge < -0.3 is 20.9 Å². The monoisotopic (exact) mass is 256 g/mol. The van der Waals surface area contributed by atoms with Gasteiger partial charge in [-0.15, -0.1) is 0 Å². The second-order valence-corrected chi connectivity index (χ2v) is 3.87. The Morgan fingerprint density at radius 1 is 1.61 bits per heavy atom. The Kier molecular flexibility index (Phi) is 4.91. The standard InChI is InChI=1S/C12H17FN2O3/c1-3-18-7(2)6-15-11-4-8(12(16)17)10(14)5-9(11)13/h4-5,7,15H,3,6,14H2,1-2H3,(H,16,17). The van der Waals surface area contributed by atoms with Gasteiger partial charge in [-0.2, -0.15) is 0 Å². The summed E-state index contributed by atoms with van der Waals surface area (Å²) in [5.74, 6) is -1.77. The molecule has 1 rings (SSSR count). The normalized spacial score (nSPS) is 12.2. The highest BCUT2D eigenvalue weighted by Crippen LogP contribution is 2.22. The molecule has 1 aromatic carbocycles. The first-order valence-corrected chi connectivity index (χ1v) is 5.63. The molecule has 1 atom stereocenters. The first kappa shape index (κ1) is 14.2. The number of carboxylic acids is 1. The zero-order valence-corrected chi connectivity index (χ0v) is 10.4. The number of carbonyl (C=O) groups is 1. The zero-order valence-electron chi connectivity index (χ0n) is 10.4. The van der Waals surface area contributed by atoms with Crippen molar-refractivity contribution in [1.29, 1.82) is 0 Å². The molecule has 0 fully saturated rings. The van der Waals surface area contributed by atoms with Crippen LogP contribution >= 0.6 is 0 Å². The molecule has 0 spiro atoms. The van der Waals surface area contributed by atoms with E-state index in [1.165, 1.54) is 6.07 Å². The highest BCUT2D eigenvalue weighted by Gasteiger charge is 2.13. The summed E-state index contributed by atoms with van der Waals surface area (Å²) < 4.78 is 18.8. The highest BCUT2D eigenvalue weighted by molar-refractivity contribution is 5.94. The molecule has 0 aliphatic heterocycles. The first-order valence-electron chi connectivity index (χ1n) is 5.63. The molecule has 0 radical (unpaired) electrons. The van der Waals surface area contributed by atoms with Crippen molar-refractivity contribution in [1.82, 2.24) is 0 Å². The Balaban J connectivity index is 2.82. The topological polar surface area (TPSA) is 84.6 Å². The van der Waals surface area contributed by atoms with Crippen molar-refractivity contribution in [2.24, 2.45) is 0 Å². The van der Waals surface area contributed by atoms with Crippen LogP contribution < -0.4 is 11.1 Å². The van der Waals surface area contributed by atoms with E-state index in [4.69, 9.17) is 15.6 Å². The summed E-state index contributed by atoms with van der Waals surface area (Å²) in [5, 5.41) is 11.7. The number of hydrogen-bond donors (Lipinski definition) is 3. The summed E-state index contributed by atoms with van der Waals surface area (Å²) in [4.78, 5) is 10.9. The van der Waals surface area contributed by atoms with Gasteiger partial charge in [0.15, 0.2) is 0 Å². The number of nitrogen functional groups attached to an aromatic ring is 1. The Bertz CT molecular complexity index is 438. The van der Waals surface area contributed by atoms with Crippen molar-refractivity contribution in [3.05, 3.63) is 23.5 Å². The number of carboxylic acid groups (broad SMARTS) is 1. The molecule has 4 N–H and O–H groups in total. The molecule has 0 heterocycles. The number of hydrogen-bond acceptors (Lipinski definition) is 4. The first-order chi connectivity index (χ1) is 8.45. The Morgan fingerprint density at radius 3 is 2.83 bits per heavy atom. The van der Waals surface area contributed by atoms with E-state index in [1.807, 2.05) is 13.8 Å². The minimum atomic E-state index is -1.19. The van der Waals surface area contributed by atoms with E-state index in [0.717, 1.165) is 6.07 Å². The molecular weight excluding hydrogens is 239 g/mol. The summed E-state index contributed by atoms with van der Waals surface area (Å²) >= 11 is 0. The van der Waals surface area contributed by atoms with Crippen molar-refractivity contribution in [3.8, 4) is 0 Å². The van der Waals surface area contributed by atoms with E-state index >= 15 is 0 Å². The fourth-order valence-electron chi connectivity index (χ4n) is 1.51. The van der Waals surface area contributed by atoms with E-state index in [9.17, 15) is 9.18 Å². The minimum absolute atomic E-state index is 0.0941. The maximum Gasteiger partial charge on any atom is 0.337 e. The van der Waals surface area contributed by atoms with E-state index in [1.54, 1.807) is 0 Å². The number of aromatic carboxylic acids is 1. The van der Waals surface area contributed by atoms with Gasteiger partial charge >= 0.3 is 5.97 Å². The minimum Gasteiger partial charge on any atom is -0.478 e. The fraction of sp³-hybridized carbons (Fsp3) is 0.417. The van der Waals surface area contributed by atoms with Gasteiger partial charge in [0.05, 0.1) is 17.4 Å². The average Bonchev–Trinajstić information content (AvgIpc) is 2.27. The molecule has 0 aliphatic carbocycles. The third kappa shape index (κ3) is 3.59. The van der Waals surface area contributed by atoms with Gasteiger partial charge in [-0.25, -0.2) is 9.18 Å². The molecule has 1 aromatic rings. The maximum absolute atomic E-state index is 13.6. The second-order valence-electron chi connectivity index (χ2n) is 3.87. The van der Waals surface area contributed by atoms with Crippen LogP contribution in [0, 0.1) is 5.82 Å². The van der Waals surface area contributed by atoms with Crippen molar-refractivity contribution in [3.63, 3.8) is 0 Å². The lowest BCUT2D eigenvalue weighted by molar-refractivity contribution is 0.0698. The average molecular weight is 256 g/mol. The Hall–Kier alpha value is -1.82. The van der Waals surface area contributed by atoms with Crippen LogP contribution in [-0.2, 0) is 4.74 Å². The molecule has 0 saturated heterocycles. The van der Waals surface area contributed by atoms with E-state index in [0.29, 0.717) is 13.2 Å². The molecule has 1 unspecified atom stereocenters. The van der Waals surface area contributed by atoms with Crippen LogP contribution in [0.3, 0.4) is 0 Å². The highest BCUT2D eigenvalue weighted by atomic mass is 19.1. The van der Waals surface area contributed by atoms with Crippen LogP contribution in [0.2, 0.25) is 0 Å². The largest absolute Gasteiger partial charge is 0.478 e. The van der Waals surface area contributed by atoms with Gasteiger partial charge in [0.2, 0.25) is 0 Å². The molecule has 0 bridgehead atoms. The van der Waals surface area contributed by atoms with Gasteiger partial charge in [-0.1, -0.05) is 0 Å². The zero-order chi connectivity index (χ0) is 13.7. The number of nitrogens with two attached hydrogens (primary N) is 1. The Morgan fingerprint density at radius 2 is 2.28 bits per heavy atom. The van der Waals surface area contributed by atoms with E-state index < -0.39 is 11.8 Å². The van der Waals surface area contributed by atoms with Gasteiger partial charge in [0, 0.05) is 18.8 Å². The van der Waals surface area contributed by atoms with Crippen LogP contribution in [-0.4, -0.2) is 30.3 Å². The van der Waals surface area contributed by atoms with Gasteiger partial charge in [-0.05, 0) is 26.0 Å². The summed E-state index contributed by atoms with van der Waals surface area (Å²) in [6.45, 7) is 4.65. The molecule has 0 saturated carbocycles. The van der Waals surface area contributed by atoms with E-state index in [-0.39, 0.29) is 23.0 Å². The van der Waals surface area contributed by atoms with Crippen molar-refractivity contribution in [2.75, 3.05) is 24.2 Å². The predicted octanol–water partition coefficient (Wildman–Crippen LogP) is 1.94. The predicted molar refractivity (Wildman–Crippen MR) is 67.3 cm³/mol. The summed E-state index contributed by atoms with van der Waals surface area (Å²) in [7, 11) is 0. The summed E-state index contributed by atoms with van der Waals surface area (Å²) in [5.41, 5.74) is 5.31. The van der Waals surface area contributed by atoms with Crippen molar-refractivity contribution >= 4 is 17.3 Å². The number of anilines is 2. The lowest BCUT2D eigenvalue weighted by atomic mass is 10.1. The quantitative estimate of drug-likeness (QED) is 0.677. The van der Waals surface area contributed by atoms with Crippen LogP contribution in [0.25, 0.3) is 0 Å². The van der Waals surface area contributed by atoms with Crippen LogP contribution in [0.5, 0.6) is 0 Å². The fourth-order valence-corrected chi connectivity index (χ4v) is 1.51. The van der Waals surface area contributed by atoms with Crippen LogP contribution in [0.15, 0.2) is 12.1 Å². The maximum atomic E-state index is 13.6. The number of rotatable bonds is 6. The van der Waals surface area contributed by atoms with Gasteiger partial charge in [0.25, 0.3) is 0 Å². The molecule has 6 heteroatoms. The van der Waals surface area contributed by atoms with Gasteiger partial charge in [-0.3, -0.25) is 0 Å². The lowest BCUT2D eigenvalue weighted by Crippen LogP contribution is -2.20. The van der Waals surface area contributed by atoms with Crippen molar-refractivity contribution < 1.29 is 19.0 Å².